The molecule has 4 aromatic rings. The third-order valence-corrected chi connectivity index (χ3v) is 7.23. The molecule has 0 bridgehead atoms. The van der Waals surface area contributed by atoms with Gasteiger partial charge in [0.25, 0.3) is 0 Å². The first-order chi connectivity index (χ1) is 19.0. The molecule has 2 amide bonds. The number of hydrogen-bond acceptors (Lipinski definition) is 6. The summed E-state index contributed by atoms with van der Waals surface area (Å²) in [6.45, 7) is 0.456. The molecule has 2 aromatic carbocycles. The van der Waals surface area contributed by atoms with Gasteiger partial charge in [-0.05, 0) is 48.9 Å². The maximum Gasteiger partial charge on any atom is 0.322 e. The Morgan fingerprint density at radius 1 is 1.08 bits per heavy atom. The van der Waals surface area contributed by atoms with Crippen LogP contribution in [-0.4, -0.2) is 37.9 Å². The van der Waals surface area contributed by atoms with Crippen molar-refractivity contribution in [2.45, 2.75) is 44.3 Å². The van der Waals surface area contributed by atoms with Crippen LogP contribution in [0.25, 0.3) is 11.1 Å². The van der Waals surface area contributed by atoms with Gasteiger partial charge < -0.3 is 10.6 Å². The van der Waals surface area contributed by atoms with Crippen molar-refractivity contribution in [3.8, 4) is 17.2 Å². The third kappa shape index (κ3) is 6.36. The van der Waals surface area contributed by atoms with E-state index in [4.69, 9.17) is 16.9 Å². The molecule has 198 valence electrons. The second-order valence-corrected chi connectivity index (χ2v) is 9.98. The molecular weight excluding hydrogens is 512 g/mol. The molecule has 5 rings (SSSR count). The van der Waals surface area contributed by atoms with Gasteiger partial charge >= 0.3 is 6.03 Å². The number of hydrogen-bond donors (Lipinski definition) is 2. The first-order valence-electron chi connectivity index (χ1n) is 12.9. The molecule has 1 saturated carbocycles. The fraction of sp³-hybridized carbons (Fsp3) is 0.276. The van der Waals surface area contributed by atoms with Crippen molar-refractivity contribution in [3.05, 3.63) is 89.5 Å². The van der Waals surface area contributed by atoms with Gasteiger partial charge in [-0.1, -0.05) is 54.1 Å². The van der Waals surface area contributed by atoms with Crippen molar-refractivity contribution in [1.29, 1.82) is 5.26 Å². The summed E-state index contributed by atoms with van der Waals surface area (Å²) >= 11 is 6.07. The van der Waals surface area contributed by atoms with Gasteiger partial charge in [-0.15, -0.1) is 0 Å². The number of rotatable bonds is 7. The Balaban J connectivity index is 1.30. The van der Waals surface area contributed by atoms with Gasteiger partial charge in [0.2, 0.25) is 5.95 Å². The topological polar surface area (TPSA) is 112 Å². The maximum atomic E-state index is 13.6. The van der Waals surface area contributed by atoms with Crippen molar-refractivity contribution in [2.24, 2.45) is 7.05 Å². The van der Waals surface area contributed by atoms with E-state index in [2.05, 4.69) is 25.7 Å². The van der Waals surface area contributed by atoms with Crippen molar-refractivity contribution < 1.29 is 4.79 Å². The largest absolute Gasteiger partial charge is 0.351 e. The second-order valence-electron chi connectivity index (χ2n) is 9.62. The minimum Gasteiger partial charge on any atom is -0.351 e. The Kier molecular flexibility index (Phi) is 8.04. The number of aryl methyl sites for hydroxylation is 1. The zero-order valence-electron chi connectivity index (χ0n) is 21.6. The summed E-state index contributed by atoms with van der Waals surface area (Å²) in [5.74, 6) is 0.408. The van der Waals surface area contributed by atoms with Crippen LogP contribution in [-0.2, 0) is 13.6 Å². The SMILES string of the molecule is Cn1cc(-c2ccc(N(C(=O)NCc3ccccc3)C3CCC(Nc4ncc(C#N)c(Cl)n4)CC3)cc2)cn1. The van der Waals surface area contributed by atoms with Crippen LogP contribution < -0.4 is 15.5 Å². The molecule has 10 heteroatoms. The van der Waals surface area contributed by atoms with Crippen molar-refractivity contribution >= 4 is 29.3 Å². The molecule has 0 radical (unpaired) electrons. The van der Waals surface area contributed by atoms with E-state index >= 15 is 0 Å². The zero-order chi connectivity index (χ0) is 27.2. The number of amides is 2. The van der Waals surface area contributed by atoms with E-state index in [-0.39, 0.29) is 28.8 Å². The highest BCUT2D eigenvalue weighted by atomic mass is 35.5. The van der Waals surface area contributed by atoms with Crippen LogP contribution >= 0.6 is 11.6 Å². The minimum absolute atomic E-state index is 0.0357. The number of benzene rings is 2. The first-order valence-corrected chi connectivity index (χ1v) is 13.3. The van der Waals surface area contributed by atoms with Crippen molar-refractivity contribution in [2.75, 3.05) is 10.2 Å². The highest BCUT2D eigenvalue weighted by Crippen LogP contribution is 2.31. The van der Waals surface area contributed by atoms with Crippen LogP contribution in [0.4, 0.5) is 16.4 Å². The van der Waals surface area contributed by atoms with Crippen LogP contribution in [0, 0.1) is 11.3 Å². The Bertz CT molecular complexity index is 1460. The van der Waals surface area contributed by atoms with Crippen molar-refractivity contribution in [3.63, 3.8) is 0 Å². The van der Waals surface area contributed by atoms with Gasteiger partial charge in [-0.2, -0.15) is 15.3 Å². The van der Waals surface area contributed by atoms with Crippen LogP contribution in [0.5, 0.6) is 0 Å². The molecular formula is C29H29ClN8O. The van der Waals surface area contributed by atoms with Crippen molar-refractivity contribution in [1.82, 2.24) is 25.1 Å². The number of aromatic nitrogens is 4. The molecule has 0 saturated heterocycles. The first kappa shape index (κ1) is 26.2. The van der Waals surface area contributed by atoms with E-state index in [0.29, 0.717) is 12.5 Å². The highest BCUT2D eigenvalue weighted by Gasteiger charge is 2.30. The lowest BCUT2D eigenvalue weighted by Crippen LogP contribution is -2.48. The monoisotopic (exact) mass is 540 g/mol. The molecule has 1 aliphatic carbocycles. The number of nitriles is 1. The summed E-state index contributed by atoms with van der Waals surface area (Å²) in [5.41, 5.74) is 4.22. The zero-order valence-corrected chi connectivity index (χ0v) is 22.3. The quantitative estimate of drug-likeness (QED) is 0.298. The summed E-state index contributed by atoms with van der Waals surface area (Å²) in [4.78, 5) is 23.9. The average Bonchev–Trinajstić information content (AvgIpc) is 3.40. The molecule has 39 heavy (non-hydrogen) atoms. The Hall–Kier alpha value is -4.42. The fourth-order valence-corrected chi connectivity index (χ4v) is 5.07. The van der Waals surface area contributed by atoms with Gasteiger partial charge in [0, 0.05) is 43.1 Å². The predicted molar refractivity (Wildman–Crippen MR) is 151 cm³/mol. The van der Waals surface area contributed by atoms with Crippen LogP contribution in [0.1, 0.15) is 36.8 Å². The molecule has 1 aliphatic rings. The number of urea groups is 1. The number of halogens is 1. The number of carbonyl (C=O) groups is 1. The molecule has 2 aromatic heterocycles. The minimum atomic E-state index is -0.119. The summed E-state index contributed by atoms with van der Waals surface area (Å²) in [6.07, 6.45) is 8.52. The van der Waals surface area contributed by atoms with Gasteiger partial charge in [0.15, 0.2) is 5.15 Å². The molecule has 0 spiro atoms. The van der Waals surface area contributed by atoms with E-state index in [9.17, 15) is 4.79 Å². The Morgan fingerprint density at radius 3 is 2.46 bits per heavy atom. The Labute approximate surface area is 232 Å². The van der Waals surface area contributed by atoms with E-state index in [1.165, 1.54) is 6.20 Å². The number of nitrogens with one attached hydrogen (secondary N) is 2. The molecule has 2 heterocycles. The summed E-state index contributed by atoms with van der Waals surface area (Å²) in [5, 5.41) is 19.9. The van der Waals surface area contributed by atoms with Crippen LogP contribution in [0.15, 0.2) is 73.2 Å². The normalized spacial score (nSPS) is 16.7. The van der Waals surface area contributed by atoms with Crippen LogP contribution in [0.2, 0.25) is 5.15 Å². The fourth-order valence-electron chi connectivity index (χ4n) is 4.90. The highest BCUT2D eigenvalue weighted by molar-refractivity contribution is 6.30. The van der Waals surface area contributed by atoms with Gasteiger partial charge in [-0.25, -0.2) is 9.78 Å². The van der Waals surface area contributed by atoms with Gasteiger partial charge in [0.05, 0.1) is 12.4 Å². The molecule has 0 unspecified atom stereocenters. The number of nitrogens with zero attached hydrogens (tertiary/aromatic N) is 6. The number of anilines is 2. The molecule has 0 atom stereocenters. The van der Waals surface area contributed by atoms with Crippen LogP contribution in [0.3, 0.4) is 0 Å². The predicted octanol–water partition coefficient (Wildman–Crippen LogP) is 5.54. The smallest absolute Gasteiger partial charge is 0.322 e. The van der Waals surface area contributed by atoms with E-state index in [1.54, 1.807) is 4.68 Å². The molecule has 0 aliphatic heterocycles. The summed E-state index contributed by atoms with van der Waals surface area (Å²) in [7, 11) is 1.89. The van der Waals surface area contributed by atoms with E-state index in [0.717, 1.165) is 48.1 Å². The van der Waals surface area contributed by atoms with Gasteiger partial charge in [-0.3, -0.25) is 9.58 Å². The third-order valence-electron chi connectivity index (χ3n) is 6.95. The average molecular weight is 541 g/mol. The molecule has 1 fully saturated rings. The molecule has 9 nitrogen and oxygen atoms in total. The van der Waals surface area contributed by atoms with E-state index < -0.39 is 0 Å². The second kappa shape index (κ2) is 12.0. The lowest BCUT2D eigenvalue weighted by molar-refractivity contribution is 0.240. The Morgan fingerprint density at radius 2 is 1.82 bits per heavy atom. The molecule has 2 N–H and O–H groups in total. The van der Waals surface area contributed by atoms with Gasteiger partial charge in [0.1, 0.15) is 11.6 Å². The number of carbonyl (C=O) groups excluding carboxylic acids is 1. The van der Waals surface area contributed by atoms with E-state index in [1.807, 2.05) is 85.0 Å². The summed E-state index contributed by atoms with van der Waals surface area (Å²) < 4.78 is 1.77. The lowest BCUT2D eigenvalue weighted by Gasteiger charge is -2.37. The lowest BCUT2D eigenvalue weighted by atomic mass is 9.90. The summed E-state index contributed by atoms with van der Waals surface area (Å²) in [6, 6.07) is 20.0. The standard InChI is InChI=1S/C29H29ClN8O/c1-37-19-23(18-34-37)21-7-11-25(12-8-21)38(29(39)33-16-20-5-3-2-4-6-20)26-13-9-24(10-14-26)35-28-32-17-22(15-31)27(30)36-28/h2-8,11-12,17-19,24,26H,9-10,13-14,16H2,1H3,(H,33,39)(H,32,35,36). The maximum absolute atomic E-state index is 13.6.